The fourth-order valence-corrected chi connectivity index (χ4v) is 2.57. The van der Waals surface area contributed by atoms with E-state index >= 15 is 0 Å². The van der Waals surface area contributed by atoms with Gasteiger partial charge in [0, 0.05) is 5.69 Å². The van der Waals surface area contributed by atoms with Crippen molar-refractivity contribution in [1.82, 2.24) is 9.97 Å². The van der Waals surface area contributed by atoms with Gasteiger partial charge in [-0.15, -0.1) is 11.3 Å². The molecule has 0 amide bonds. The van der Waals surface area contributed by atoms with Crippen LogP contribution in [0.2, 0.25) is 0 Å². The Labute approximate surface area is 120 Å². The number of thiazole rings is 1. The highest BCUT2D eigenvalue weighted by molar-refractivity contribution is 7.16. The van der Waals surface area contributed by atoms with Crippen molar-refractivity contribution in [3.05, 3.63) is 35.8 Å². The fraction of sp³-hybridized carbons (Fsp3) is 0.143. The maximum Gasteiger partial charge on any atom is 0.239 e. The summed E-state index contributed by atoms with van der Waals surface area (Å²) < 4.78 is 6.52. The normalized spacial score (nSPS) is 10.7. The lowest BCUT2D eigenvalue weighted by molar-refractivity contribution is 0.329. The molecule has 1 aromatic carbocycles. The van der Waals surface area contributed by atoms with Crippen LogP contribution in [0, 0.1) is 0 Å². The lowest BCUT2D eigenvalue weighted by atomic mass is 10.3. The smallest absolute Gasteiger partial charge is 0.239 e. The molecule has 0 bridgehead atoms. The van der Waals surface area contributed by atoms with Crippen molar-refractivity contribution < 1.29 is 4.74 Å². The summed E-state index contributed by atoms with van der Waals surface area (Å²) >= 11 is 1.61. The van der Waals surface area contributed by atoms with Gasteiger partial charge in [-0.2, -0.15) is 4.98 Å². The van der Waals surface area contributed by atoms with E-state index in [0.29, 0.717) is 24.0 Å². The van der Waals surface area contributed by atoms with Gasteiger partial charge < -0.3 is 15.8 Å². The highest BCUT2D eigenvalue weighted by Gasteiger charge is 2.05. The number of benzene rings is 1. The van der Waals surface area contributed by atoms with Gasteiger partial charge in [0.25, 0.3) is 0 Å². The number of nitrogen functional groups attached to an aromatic ring is 1. The third-order valence-electron chi connectivity index (χ3n) is 2.77. The first-order chi connectivity index (χ1) is 9.76. The largest absolute Gasteiger partial charge is 0.476 e. The molecule has 6 heteroatoms. The van der Waals surface area contributed by atoms with Gasteiger partial charge in [0.2, 0.25) is 5.88 Å². The Morgan fingerprint density at radius 2 is 2.20 bits per heavy atom. The standard InChI is InChI=1S/C14H14N4OS/c1-2-19-14-10(15)4-6-13(18-14)17-9-3-5-11-12(7-9)20-8-16-11/h3-8H,2,15H2,1H3,(H,17,18). The summed E-state index contributed by atoms with van der Waals surface area (Å²) in [5, 5.41) is 3.24. The van der Waals surface area contributed by atoms with Crippen molar-refractivity contribution in [2.24, 2.45) is 0 Å². The monoisotopic (exact) mass is 286 g/mol. The molecule has 0 radical (unpaired) electrons. The Hall–Kier alpha value is -2.34. The van der Waals surface area contributed by atoms with Crippen LogP contribution in [-0.4, -0.2) is 16.6 Å². The number of rotatable bonds is 4. The number of anilines is 3. The van der Waals surface area contributed by atoms with E-state index in [1.807, 2.05) is 36.7 Å². The SMILES string of the molecule is CCOc1nc(Nc2ccc3ncsc3c2)ccc1N. The molecule has 20 heavy (non-hydrogen) atoms. The third-order valence-corrected chi connectivity index (χ3v) is 3.57. The first-order valence-electron chi connectivity index (χ1n) is 6.26. The summed E-state index contributed by atoms with van der Waals surface area (Å²) in [5.74, 6) is 1.16. The first-order valence-corrected chi connectivity index (χ1v) is 7.14. The number of ether oxygens (including phenoxy) is 1. The molecule has 2 aromatic heterocycles. The lowest BCUT2D eigenvalue weighted by Crippen LogP contribution is -2.02. The third kappa shape index (κ3) is 2.50. The second-order valence-electron chi connectivity index (χ2n) is 4.18. The second kappa shape index (κ2) is 5.34. The molecule has 0 fully saturated rings. The van der Waals surface area contributed by atoms with Crippen molar-refractivity contribution in [2.45, 2.75) is 6.92 Å². The predicted octanol–water partition coefficient (Wildman–Crippen LogP) is 3.42. The molecule has 3 aromatic rings. The van der Waals surface area contributed by atoms with E-state index < -0.39 is 0 Å². The van der Waals surface area contributed by atoms with E-state index in [4.69, 9.17) is 10.5 Å². The molecule has 2 heterocycles. The molecule has 3 rings (SSSR count). The number of hydrogen-bond acceptors (Lipinski definition) is 6. The zero-order valence-electron chi connectivity index (χ0n) is 11.0. The molecule has 0 atom stereocenters. The molecule has 0 unspecified atom stereocenters. The van der Waals surface area contributed by atoms with E-state index in [2.05, 4.69) is 15.3 Å². The van der Waals surface area contributed by atoms with Crippen molar-refractivity contribution in [1.29, 1.82) is 0 Å². The second-order valence-corrected chi connectivity index (χ2v) is 5.07. The molecule has 0 aliphatic heterocycles. The molecule has 3 N–H and O–H groups in total. The molecule has 0 saturated heterocycles. The van der Waals surface area contributed by atoms with Gasteiger partial charge in [-0.3, -0.25) is 0 Å². The minimum atomic E-state index is 0.455. The number of hydrogen-bond donors (Lipinski definition) is 2. The van der Waals surface area contributed by atoms with Gasteiger partial charge in [-0.05, 0) is 37.3 Å². The van der Waals surface area contributed by atoms with Crippen molar-refractivity contribution >= 4 is 38.7 Å². The van der Waals surface area contributed by atoms with Crippen molar-refractivity contribution in [3.8, 4) is 5.88 Å². The van der Waals surface area contributed by atoms with Gasteiger partial charge in [0.15, 0.2) is 0 Å². The number of pyridine rings is 1. The zero-order valence-corrected chi connectivity index (χ0v) is 11.8. The van der Waals surface area contributed by atoms with Crippen LogP contribution >= 0.6 is 11.3 Å². The molecular weight excluding hydrogens is 272 g/mol. The number of fused-ring (bicyclic) bond motifs is 1. The Balaban J connectivity index is 1.87. The van der Waals surface area contributed by atoms with Crippen LogP contribution in [0.5, 0.6) is 5.88 Å². The summed E-state index contributed by atoms with van der Waals surface area (Å²) in [6.07, 6.45) is 0. The summed E-state index contributed by atoms with van der Waals surface area (Å²) in [6.45, 7) is 2.44. The predicted molar refractivity (Wildman–Crippen MR) is 82.7 cm³/mol. The van der Waals surface area contributed by atoms with E-state index in [-0.39, 0.29) is 0 Å². The molecule has 0 aliphatic rings. The van der Waals surface area contributed by atoms with Crippen LogP contribution < -0.4 is 15.8 Å². The number of nitrogens with two attached hydrogens (primary N) is 1. The van der Waals surface area contributed by atoms with Gasteiger partial charge in [0.05, 0.1) is 28.0 Å². The quantitative estimate of drug-likeness (QED) is 0.769. The highest BCUT2D eigenvalue weighted by atomic mass is 32.1. The Kier molecular flexibility index (Phi) is 3.39. The summed E-state index contributed by atoms with van der Waals surface area (Å²) in [4.78, 5) is 8.61. The number of nitrogens with zero attached hydrogens (tertiary/aromatic N) is 2. The van der Waals surface area contributed by atoms with E-state index in [0.717, 1.165) is 15.9 Å². The van der Waals surface area contributed by atoms with Crippen LogP contribution in [0.15, 0.2) is 35.8 Å². The van der Waals surface area contributed by atoms with Gasteiger partial charge in [-0.1, -0.05) is 0 Å². The zero-order chi connectivity index (χ0) is 13.9. The van der Waals surface area contributed by atoms with Crippen LogP contribution in [0.3, 0.4) is 0 Å². The average molecular weight is 286 g/mol. The van der Waals surface area contributed by atoms with Gasteiger partial charge in [0.1, 0.15) is 5.82 Å². The summed E-state index contributed by atoms with van der Waals surface area (Å²) in [7, 11) is 0. The molecule has 102 valence electrons. The fourth-order valence-electron chi connectivity index (χ4n) is 1.85. The summed E-state index contributed by atoms with van der Waals surface area (Å²) in [6, 6.07) is 9.61. The lowest BCUT2D eigenvalue weighted by Gasteiger charge is -2.09. The first kappa shape index (κ1) is 12.7. The van der Waals surface area contributed by atoms with Gasteiger partial charge in [-0.25, -0.2) is 4.98 Å². The molecule has 0 saturated carbocycles. The minimum Gasteiger partial charge on any atom is -0.476 e. The Morgan fingerprint density at radius 3 is 3.05 bits per heavy atom. The molecule has 0 spiro atoms. The molecular formula is C14H14N4OS. The van der Waals surface area contributed by atoms with Crippen LogP contribution in [0.4, 0.5) is 17.2 Å². The van der Waals surface area contributed by atoms with E-state index in [9.17, 15) is 0 Å². The molecule has 5 nitrogen and oxygen atoms in total. The minimum absolute atomic E-state index is 0.455. The number of aromatic nitrogens is 2. The number of nitrogens with one attached hydrogen (secondary N) is 1. The Bertz CT molecular complexity index is 741. The van der Waals surface area contributed by atoms with E-state index in [1.54, 1.807) is 17.4 Å². The van der Waals surface area contributed by atoms with Crippen molar-refractivity contribution in [3.63, 3.8) is 0 Å². The average Bonchev–Trinajstić information content (AvgIpc) is 2.90. The summed E-state index contributed by atoms with van der Waals surface area (Å²) in [5.41, 5.74) is 10.1. The van der Waals surface area contributed by atoms with Crippen LogP contribution in [-0.2, 0) is 0 Å². The van der Waals surface area contributed by atoms with Gasteiger partial charge >= 0.3 is 0 Å². The van der Waals surface area contributed by atoms with Crippen molar-refractivity contribution in [2.75, 3.05) is 17.7 Å². The molecule has 0 aliphatic carbocycles. The topological polar surface area (TPSA) is 73.1 Å². The maximum atomic E-state index is 5.81. The Morgan fingerprint density at radius 1 is 1.30 bits per heavy atom. The maximum absolute atomic E-state index is 5.81. The van der Waals surface area contributed by atoms with Crippen LogP contribution in [0.1, 0.15) is 6.92 Å². The highest BCUT2D eigenvalue weighted by Crippen LogP contribution is 2.26. The van der Waals surface area contributed by atoms with Crippen LogP contribution in [0.25, 0.3) is 10.2 Å². The van der Waals surface area contributed by atoms with E-state index in [1.165, 1.54) is 0 Å².